The first kappa shape index (κ1) is 29.2. The highest BCUT2D eigenvalue weighted by molar-refractivity contribution is 8.01. The summed E-state index contributed by atoms with van der Waals surface area (Å²) in [4.78, 5) is 25.4. The summed E-state index contributed by atoms with van der Waals surface area (Å²) in [5.41, 5.74) is -1.47. The number of carbonyl (C=O) groups is 2. The molecule has 2 fully saturated rings. The number of anilines is 1. The summed E-state index contributed by atoms with van der Waals surface area (Å²) in [6.45, 7) is 2.23. The van der Waals surface area contributed by atoms with E-state index in [1.54, 1.807) is 6.08 Å². The van der Waals surface area contributed by atoms with Crippen molar-refractivity contribution >= 4 is 44.5 Å². The van der Waals surface area contributed by atoms with E-state index in [9.17, 15) is 32.1 Å². The smallest absolute Gasteiger partial charge is 0.255 e. The lowest BCUT2D eigenvalue weighted by molar-refractivity contribution is -0.132. The summed E-state index contributed by atoms with van der Waals surface area (Å²) in [5.74, 6) is -2.06. The van der Waals surface area contributed by atoms with Gasteiger partial charge in [-0.1, -0.05) is 23.8 Å². The molecule has 0 heterocycles. The van der Waals surface area contributed by atoms with Crippen LogP contribution in [-0.2, 0) is 14.3 Å². The lowest BCUT2D eigenvalue weighted by atomic mass is 9.72. The van der Waals surface area contributed by atoms with Crippen molar-refractivity contribution in [3.05, 3.63) is 70.5 Å². The van der Waals surface area contributed by atoms with Gasteiger partial charge in [0.2, 0.25) is 5.91 Å². The highest BCUT2D eigenvalue weighted by Gasteiger charge is 2.55. The fraction of sp³-hybridized carbons (Fsp3) is 0.393. The Bertz CT molecular complexity index is 1390. The summed E-state index contributed by atoms with van der Waals surface area (Å²) in [6, 6.07) is 5.39. The standard InChI is InChI=1S/C28H30ClF3N2O4S/c1-3-4-9-33-25(35)15-28(37)17-6-7-18(28)12-20(11-17)39(2,38)24-10-16(5-8-21(24)29)27(36)34-19-13-22(30)26(32)23(31)14-19/h3-5,8,10,13-14,17-18,20,37H,2,6-7,9,11-12,15H2,1H3,(H,33,35)(H,34,36)/b4-3+. The Hall–Kier alpha value is -2.82. The van der Waals surface area contributed by atoms with Crippen molar-refractivity contribution in [2.45, 2.75) is 54.8 Å². The van der Waals surface area contributed by atoms with Gasteiger partial charge in [0.05, 0.1) is 21.9 Å². The van der Waals surface area contributed by atoms with Crippen LogP contribution in [0.2, 0.25) is 5.02 Å². The third-order valence-electron chi connectivity index (χ3n) is 7.81. The Morgan fingerprint density at radius 2 is 1.77 bits per heavy atom. The topological polar surface area (TPSA) is 95.5 Å². The van der Waals surface area contributed by atoms with Crippen molar-refractivity contribution in [2.75, 3.05) is 11.9 Å². The summed E-state index contributed by atoms with van der Waals surface area (Å²) >= 11 is 6.40. The summed E-state index contributed by atoms with van der Waals surface area (Å²) in [5, 5.41) is 16.2. The third-order valence-corrected chi connectivity index (χ3v) is 10.8. The van der Waals surface area contributed by atoms with Crippen LogP contribution in [0.1, 0.15) is 49.4 Å². The second-order valence-corrected chi connectivity index (χ2v) is 13.2. The number of fused-ring (bicyclic) bond motifs is 2. The maximum Gasteiger partial charge on any atom is 0.255 e. The number of amides is 2. The minimum atomic E-state index is -3.07. The van der Waals surface area contributed by atoms with Crippen LogP contribution in [0.5, 0.6) is 0 Å². The first-order valence-electron chi connectivity index (χ1n) is 12.6. The second kappa shape index (κ2) is 11.3. The lowest BCUT2D eigenvalue weighted by Crippen LogP contribution is -2.50. The monoisotopic (exact) mass is 582 g/mol. The number of hydrogen-bond donors (Lipinski definition) is 3. The van der Waals surface area contributed by atoms with Gasteiger partial charge in [-0.25, -0.2) is 13.2 Å². The van der Waals surface area contributed by atoms with E-state index in [-0.39, 0.29) is 45.3 Å². The van der Waals surface area contributed by atoms with Gasteiger partial charge in [0.25, 0.3) is 5.91 Å². The van der Waals surface area contributed by atoms with E-state index >= 15 is 0 Å². The molecule has 0 saturated heterocycles. The zero-order valence-electron chi connectivity index (χ0n) is 21.3. The highest BCUT2D eigenvalue weighted by atomic mass is 35.5. The van der Waals surface area contributed by atoms with Crippen LogP contribution in [0.4, 0.5) is 18.9 Å². The number of aliphatic hydroxyl groups is 1. The van der Waals surface area contributed by atoms with E-state index < -0.39 is 43.7 Å². The van der Waals surface area contributed by atoms with Gasteiger partial charge in [-0.15, -0.1) is 0 Å². The van der Waals surface area contributed by atoms with Gasteiger partial charge < -0.3 is 15.7 Å². The molecule has 0 radical (unpaired) electrons. The Labute approximate surface area is 230 Å². The van der Waals surface area contributed by atoms with E-state index in [4.69, 9.17) is 11.6 Å². The molecule has 2 saturated carbocycles. The van der Waals surface area contributed by atoms with Crippen LogP contribution < -0.4 is 10.6 Å². The molecule has 4 rings (SSSR count). The molecule has 3 N–H and O–H groups in total. The molecule has 0 aliphatic heterocycles. The summed E-state index contributed by atoms with van der Waals surface area (Å²) < 4.78 is 54.5. The van der Waals surface area contributed by atoms with E-state index in [0.717, 1.165) is 0 Å². The molecule has 210 valence electrons. The van der Waals surface area contributed by atoms with Gasteiger partial charge in [0, 0.05) is 44.7 Å². The molecule has 3 atom stereocenters. The van der Waals surface area contributed by atoms with Gasteiger partial charge in [-0.2, -0.15) is 0 Å². The molecule has 2 aromatic carbocycles. The SMILES string of the molecule is C=S(=O)(c1cc(C(=O)Nc2cc(F)c(F)c(F)c2)ccc1Cl)C1CC2CCC(C1)C2(O)CC(=O)NC/C=C/C. The zero-order chi connectivity index (χ0) is 28.5. The van der Waals surface area contributed by atoms with Crippen molar-refractivity contribution in [2.24, 2.45) is 11.8 Å². The molecular formula is C28H30ClF3N2O4S. The van der Waals surface area contributed by atoms with E-state index in [2.05, 4.69) is 16.5 Å². The van der Waals surface area contributed by atoms with E-state index in [0.29, 0.717) is 44.4 Å². The average molecular weight is 583 g/mol. The number of hydrogen-bond acceptors (Lipinski definition) is 4. The Morgan fingerprint density at radius 3 is 2.36 bits per heavy atom. The van der Waals surface area contributed by atoms with E-state index in [1.165, 1.54) is 18.2 Å². The minimum Gasteiger partial charge on any atom is -0.389 e. The highest BCUT2D eigenvalue weighted by Crippen LogP contribution is 2.53. The molecule has 6 nitrogen and oxygen atoms in total. The molecule has 2 aliphatic carbocycles. The molecule has 2 aromatic rings. The fourth-order valence-corrected chi connectivity index (χ4v) is 8.42. The maximum absolute atomic E-state index is 14.1. The minimum absolute atomic E-state index is 0.0176. The summed E-state index contributed by atoms with van der Waals surface area (Å²) in [6.07, 6.45) is 5.72. The molecule has 3 unspecified atom stereocenters. The Kier molecular flexibility index (Phi) is 8.49. The lowest BCUT2D eigenvalue weighted by Gasteiger charge is -2.43. The van der Waals surface area contributed by atoms with Crippen LogP contribution in [0.15, 0.2) is 47.4 Å². The van der Waals surface area contributed by atoms with Gasteiger partial charge in [-0.05, 0) is 68.5 Å². The van der Waals surface area contributed by atoms with Crippen LogP contribution in [-0.4, -0.2) is 44.4 Å². The van der Waals surface area contributed by atoms with Crippen molar-refractivity contribution in [3.8, 4) is 0 Å². The predicted molar refractivity (Wildman–Crippen MR) is 146 cm³/mol. The van der Waals surface area contributed by atoms with Crippen molar-refractivity contribution in [1.29, 1.82) is 0 Å². The van der Waals surface area contributed by atoms with Crippen molar-refractivity contribution < 1.29 is 32.1 Å². The number of allylic oxidation sites excluding steroid dienone is 1. The molecule has 0 spiro atoms. The number of benzene rings is 2. The average Bonchev–Trinajstić information content (AvgIpc) is 3.03. The Morgan fingerprint density at radius 1 is 1.15 bits per heavy atom. The van der Waals surface area contributed by atoms with Crippen LogP contribution in [0.25, 0.3) is 0 Å². The third kappa shape index (κ3) is 5.88. The Balaban J connectivity index is 1.52. The quantitative estimate of drug-likeness (QED) is 0.230. The van der Waals surface area contributed by atoms with Gasteiger partial charge in [-0.3, -0.25) is 13.8 Å². The van der Waals surface area contributed by atoms with E-state index in [1.807, 2.05) is 13.0 Å². The molecule has 11 heteroatoms. The normalized spacial score (nSPS) is 25.8. The van der Waals surface area contributed by atoms with Crippen molar-refractivity contribution in [1.82, 2.24) is 5.32 Å². The van der Waals surface area contributed by atoms with Crippen LogP contribution in [0.3, 0.4) is 0 Å². The number of halogens is 4. The van der Waals surface area contributed by atoms with Crippen molar-refractivity contribution in [3.63, 3.8) is 0 Å². The molecule has 39 heavy (non-hydrogen) atoms. The molecular weight excluding hydrogens is 553 g/mol. The maximum atomic E-state index is 14.1. The molecule has 2 amide bonds. The molecule has 2 aliphatic rings. The van der Waals surface area contributed by atoms with Crippen LogP contribution >= 0.6 is 11.6 Å². The number of nitrogens with one attached hydrogen (secondary N) is 2. The second-order valence-electron chi connectivity index (χ2n) is 10.2. The van der Waals surface area contributed by atoms with Gasteiger partial charge in [0.1, 0.15) is 0 Å². The molecule has 0 aromatic heterocycles. The predicted octanol–water partition coefficient (Wildman–Crippen LogP) is 5.09. The number of rotatable bonds is 8. The largest absolute Gasteiger partial charge is 0.389 e. The summed E-state index contributed by atoms with van der Waals surface area (Å²) in [7, 11) is -3.07. The zero-order valence-corrected chi connectivity index (χ0v) is 22.9. The first-order valence-corrected chi connectivity index (χ1v) is 14.8. The van der Waals surface area contributed by atoms with Gasteiger partial charge in [0.15, 0.2) is 17.5 Å². The number of carbonyl (C=O) groups excluding carboxylic acids is 2. The first-order chi connectivity index (χ1) is 18.4. The molecule has 2 bridgehead atoms. The van der Waals surface area contributed by atoms with Crippen LogP contribution in [0, 0.1) is 29.3 Å². The van der Waals surface area contributed by atoms with Gasteiger partial charge >= 0.3 is 0 Å². The fourth-order valence-electron chi connectivity index (χ4n) is 5.74.